The zero-order valence-electron chi connectivity index (χ0n) is 5.63. The summed E-state index contributed by atoms with van der Waals surface area (Å²) in [5, 5.41) is 13.8. The fourth-order valence-corrected chi connectivity index (χ4v) is 0.341. The number of hydrogen-bond acceptors (Lipinski definition) is 3. The minimum atomic E-state index is -0.376. The number of nitrogens with two attached hydrogens (primary N) is 2. The van der Waals surface area contributed by atoms with Crippen molar-refractivity contribution in [3.05, 3.63) is 10.7 Å². The number of aliphatic imine (C=N–C) groups is 1. The maximum Gasteiger partial charge on any atom is 0.187 e. The van der Waals surface area contributed by atoms with Crippen LogP contribution in [0.3, 0.4) is 0 Å². The van der Waals surface area contributed by atoms with E-state index in [1.54, 1.807) is 0 Å². The van der Waals surface area contributed by atoms with Crippen LogP contribution >= 0.6 is 15.9 Å². The van der Waals surface area contributed by atoms with E-state index in [9.17, 15) is 0 Å². The van der Waals surface area contributed by atoms with Crippen LogP contribution in [0.5, 0.6) is 0 Å². The van der Waals surface area contributed by atoms with Crippen molar-refractivity contribution in [2.45, 2.75) is 0 Å². The van der Waals surface area contributed by atoms with Crippen LogP contribution in [0.15, 0.2) is 15.7 Å². The van der Waals surface area contributed by atoms with E-state index in [0.29, 0.717) is 4.48 Å². The summed E-state index contributed by atoms with van der Waals surface area (Å²) in [6.07, 6.45) is 2.57. The van der Waals surface area contributed by atoms with Crippen LogP contribution in [0.2, 0.25) is 0 Å². The van der Waals surface area contributed by atoms with Gasteiger partial charge in [-0.05, 0) is 15.9 Å². The number of nitrogens with zero attached hydrogens (tertiary/aromatic N) is 1. The molecule has 0 atom stereocenters. The first-order valence-corrected chi connectivity index (χ1v) is 3.41. The highest BCUT2D eigenvalue weighted by atomic mass is 79.9. The van der Waals surface area contributed by atoms with Gasteiger partial charge < -0.3 is 11.5 Å². The molecule has 0 spiro atoms. The van der Waals surface area contributed by atoms with Gasteiger partial charge in [-0.25, -0.2) is 4.99 Å². The van der Waals surface area contributed by atoms with Gasteiger partial charge in [0.15, 0.2) is 11.7 Å². The Balaban J connectivity index is 4.15. The Bertz CT molecular complexity index is 229. The molecule has 0 unspecified atom stereocenters. The van der Waals surface area contributed by atoms with E-state index in [1.165, 1.54) is 12.4 Å². The Kier molecular flexibility index (Phi) is 4.12. The van der Waals surface area contributed by atoms with Gasteiger partial charge in [0.05, 0.1) is 4.48 Å². The molecule has 0 aliphatic carbocycles. The minimum Gasteiger partial charge on any atom is -0.404 e. The van der Waals surface area contributed by atoms with E-state index >= 15 is 0 Å². The molecule has 0 saturated heterocycles. The summed E-state index contributed by atoms with van der Waals surface area (Å²) in [6.45, 7) is 0. The lowest BCUT2D eigenvalue weighted by molar-refractivity contribution is 1.41. The van der Waals surface area contributed by atoms with Crippen molar-refractivity contribution in [3.63, 3.8) is 0 Å². The van der Waals surface area contributed by atoms with Gasteiger partial charge in [-0.1, -0.05) is 0 Å². The summed E-state index contributed by atoms with van der Waals surface area (Å²) in [4.78, 5) is 3.51. The van der Waals surface area contributed by atoms with Crippen molar-refractivity contribution in [1.82, 2.24) is 0 Å². The average Bonchev–Trinajstić information content (AvgIpc) is 1.99. The Morgan fingerprint density at radius 3 is 2.36 bits per heavy atom. The third kappa shape index (κ3) is 4.26. The first kappa shape index (κ1) is 9.83. The van der Waals surface area contributed by atoms with E-state index in [1.807, 2.05) is 0 Å². The third-order valence-electron chi connectivity index (χ3n) is 0.731. The second-order valence-corrected chi connectivity index (χ2v) is 2.49. The standard InChI is InChI=1S/C5H8BrN5/c6-3(1-7)2-11-5(10)4(8)9/h1-2,10H,7H2,(H3,8,9). The summed E-state index contributed by atoms with van der Waals surface area (Å²) in [7, 11) is 0. The molecular weight excluding hydrogens is 210 g/mol. The lowest BCUT2D eigenvalue weighted by atomic mass is 10.5. The van der Waals surface area contributed by atoms with Crippen LogP contribution in [-0.2, 0) is 0 Å². The van der Waals surface area contributed by atoms with Gasteiger partial charge in [0.1, 0.15) is 0 Å². The maximum atomic E-state index is 6.98. The molecule has 0 fully saturated rings. The number of hydrogen-bond donors (Lipinski definition) is 4. The molecule has 0 aliphatic heterocycles. The van der Waals surface area contributed by atoms with E-state index in [-0.39, 0.29) is 11.7 Å². The molecule has 0 aliphatic rings. The number of allylic oxidation sites excluding steroid dienone is 1. The molecule has 6 heteroatoms. The SMILES string of the molecule is N=C(N)C(=N)N=CC(Br)=CN. The summed E-state index contributed by atoms with van der Waals surface area (Å²) < 4.78 is 0.531. The summed E-state index contributed by atoms with van der Waals surface area (Å²) in [5.74, 6) is -0.664. The van der Waals surface area contributed by atoms with Crippen molar-refractivity contribution in [1.29, 1.82) is 10.8 Å². The quantitative estimate of drug-likeness (QED) is 0.371. The van der Waals surface area contributed by atoms with Crippen LogP contribution in [0.4, 0.5) is 0 Å². The highest BCUT2D eigenvalue weighted by Gasteiger charge is 1.94. The number of amidine groups is 2. The molecule has 11 heavy (non-hydrogen) atoms. The van der Waals surface area contributed by atoms with Gasteiger partial charge in [-0.15, -0.1) is 0 Å². The number of halogens is 1. The second kappa shape index (κ2) is 4.62. The summed E-state index contributed by atoms with van der Waals surface area (Å²) in [6, 6.07) is 0. The molecule has 0 rings (SSSR count). The average molecular weight is 218 g/mol. The molecular formula is C5H8BrN5. The Morgan fingerprint density at radius 1 is 1.45 bits per heavy atom. The molecule has 0 radical (unpaired) electrons. The monoisotopic (exact) mass is 217 g/mol. The lowest BCUT2D eigenvalue weighted by Gasteiger charge is -1.90. The Morgan fingerprint density at radius 2 is 2.00 bits per heavy atom. The van der Waals surface area contributed by atoms with Gasteiger partial charge in [0.25, 0.3) is 0 Å². The Labute approximate surface area is 72.3 Å². The van der Waals surface area contributed by atoms with Crippen LogP contribution < -0.4 is 11.5 Å². The van der Waals surface area contributed by atoms with E-state index in [4.69, 9.17) is 22.3 Å². The van der Waals surface area contributed by atoms with Crippen molar-refractivity contribution < 1.29 is 0 Å². The van der Waals surface area contributed by atoms with Gasteiger partial charge in [-0.2, -0.15) is 0 Å². The van der Waals surface area contributed by atoms with E-state index in [2.05, 4.69) is 20.9 Å². The highest BCUT2D eigenvalue weighted by molar-refractivity contribution is 9.12. The first-order valence-electron chi connectivity index (χ1n) is 2.62. The van der Waals surface area contributed by atoms with E-state index < -0.39 is 0 Å². The molecule has 0 amide bonds. The normalized spacial score (nSPS) is 11.9. The molecule has 0 aromatic heterocycles. The molecule has 0 bridgehead atoms. The Hall–Kier alpha value is -1.17. The molecule has 0 heterocycles. The second-order valence-electron chi connectivity index (χ2n) is 1.57. The maximum absolute atomic E-state index is 6.98. The molecule has 5 nitrogen and oxygen atoms in total. The van der Waals surface area contributed by atoms with Gasteiger partial charge in [0, 0.05) is 12.4 Å². The fourth-order valence-electron chi connectivity index (χ4n) is 0.239. The first-order chi connectivity index (χ1) is 5.07. The number of rotatable bonds is 1. The lowest BCUT2D eigenvalue weighted by Crippen LogP contribution is -2.19. The largest absolute Gasteiger partial charge is 0.404 e. The molecule has 0 aromatic rings. The van der Waals surface area contributed by atoms with Crippen LogP contribution in [0.1, 0.15) is 0 Å². The highest BCUT2D eigenvalue weighted by Crippen LogP contribution is 1.96. The van der Waals surface area contributed by atoms with Crippen molar-refractivity contribution in [2.24, 2.45) is 16.5 Å². The van der Waals surface area contributed by atoms with Gasteiger partial charge in [0.2, 0.25) is 0 Å². The summed E-state index contributed by atoms with van der Waals surface area (Å²) >= 11 is 3.03. The van der Waals surface area contributed by atoms with Crippen LogP contribution in [0, 0.1) is 10.8 Å². The fraction of sp³-hybridized carbons (Fsp3) is 0. The smallest absolute Gasteiger partial charge is 0.187 e. The van der Waals surface area contributed by atoms with Gasteiger partial charge >= 0.3 is 0 Å². The van der Waals surface area contributed by atoms with Crippen LogP contribution in [-0.4, -0.2) is 17.9 Å². The zero-order chi connectivity index (χ0) is 8.85. The van der Waals surface area contributed by atoms with Gasteiger partial charge in [-0.3, -0.25) is 10.8 Å². The molecule has 0 aromatic carbocycles. The van der Waals surface area contributed by atoms with E-state index in [0.717, 1.165) is 0 Å². The minimum absolute atomic E-state index is 0.288. The molecule has 6 N–H and O–H groups in total. The van der Waals surface area contributed by atoms with Crippen molar-refractivity contribution in [3.8, 4) is 0 Å². The third-order valence-corrected chi connectivity index (χ3v) is 1.20. The predicted octanol–water partition coefficient (Wildman–Crippen LogP) is 0.165. The van der Waals surface area contributed by atoms with Crippen molar-refractivity contribution >= 4 is 33.8 Å². The summed E-state index contributed by atoms with van der Waals surface area (Å²) in [5.41, 5.74) is 10.0. The zero-order valence-corrected chi connectivity index (χ0v) is 7.22. The van der Waals surface area contributed by atoms with Crippen molar-refractivity contribution in [2.75, 3.05) is 0 Å². The topological polar surface area (TPSA) is 112 Å². The molecule has 0 saturated carbocycles. The predicted molar refractivity (Wildman–Crippen MR) is 49.3 cm³/mol. The molecule has 60 valence electrons. The van der Waals surface area contributed by atoms with Crippen LogP contribution in [0.25, 0.3) is 0 Å². The number of nitrogens with one attached hydrogen (secondary N) is 2.